The van der Waals surface area contributed by atoms with Gasteiger partial charge in [0.1, 0.15) is 6.04 Å². The number of carbonyl (C=O) groups is 3. The summed E-state index contributed by atoms with van der Waals surface area (Å²) < 4.78 is 0. The standard InChI is InChI=1S/C15H22N4O4/c1-8-10(7-20)17-9(2)12(8)14(21)18-23-15(22)13-11(19(3)4)5-6-16-13/h7,11,13,16-17H,5-6H2,1-4H3,(H,18,21). The lowest BCUT2D eigenvalue weighted by Gasteiger charge is -2.23. The fourth-order valence-corrected chi connectivity index (χ4v) is 2.93. The maximum atomic E-state index is 12.2. The number of aromatic amines is 1. The van der Waals surface area contributed by atoms with Crippen LogP contribution in [-0.2, 0) is 9.63 Å². The van der Waals surface area contributed by atoms with E-state index in [2.05, 4.69) is 15.8 Å². The number of likely N-dealkylation sites (N-methyl/N-ethyl adjacent to an activating group) is 1. The van der Waals surface area contributed by atoms with Crippen molar-refractivity contribution in [1.82, 2.24) is 20.7 Å². The van der Waals surface area contributed by atoms with Gasteiger partial charge in [-0.3, -0.25) is 9.59 Å². The van der Waals surface area contributed by atoms with E-state index < -0.39 is 17.9 Å². The summed E-state index contributed by atoms with van der Waals surface area (Å²) in [6, 6.07) is -0.457. The van der Waals surface area contributed by atoms with Gasteiger partial charge in [0.2, 0.25) is 0 Å². The van der Waals surface area contributed by atoms with Crippen LogP contribution in [0.4, 0.5) is 0 Å². The van der Waals surface area contributed by atoms with Gasteiger partial charge in [0.25, 0.3) is 5.91 Å². The number of hydrogen-bond acceptors (Lipinski definition) is 6. The Labute approximate surface area is 134 Å². The minimum Gasteiger partial charge on any atom is -0.356 e. The van der Waals surface area contributed by atoms with Crippen LogP contribution in [0.3, 0.4) is 0 Å². The highest BCUT2D eigenvalue weighted by molar-refractivity contribution is 5.99. The van der Waals surface area contributed by atoms with Gasteiger partial charge < -0.3 is 20.0 Å². The van der Waals surface area contributed by atoms with Crippen LogP contribution in [0.5, 0.6) is 0 Å². The summed E-state index contributed by atoms with van der Waals surface area (Å²) in [5, 5.41) is 3.07. The molecule has 2 rings (SSSR count). The summed E-state index contributed by atoms with van der Waals surface area (Å²) in [7, 11) is 3.79. The minimum absolute atomic E-state index is 0.0248. The molecule has 1 aromatic heterocycles. The lowest BCUT2D eigenvalue weighted by atomic mass is 10.1. The molecule has 0 spiro atoms. The second-order valence-corrected chi connectivity index (χ2v) is 5.89. The molecule has 0 aliphatic carbocycles. The van der Waals surface area contributed by atoms with Crippen LogP contribution in [0.15, 0.2) is 0 Å². The molecule has 0 bridgehead atoms. The van der Waals surface area contributed by atoms with Crippen molar-refractivity contribution >= 4 is 18.2 Å². The molecule has 1 aromatic rings. The Bertz CT molecular complexity index is 623. The number of aldehydes is 1. The predicted octanol–water partition coefficient (Wildman–Crippen LogP) is -0.0759. The number of nitrogens with one attached hydrogen (secondary N) is 3. The molecule has 1 saturated heterocycles. The maximum Gasteiger partial charge on any atom is 0.350 e. The van der Waals surface area contributed by atoms with Gasteiger partial charge in [-0.05, 0) is 46.5 Å². The first-order chi connectivity index (χ1) is 10.9. The average molecular weight is 322 g/mol. The second kappa shape index (κ2) is 6.93. The van der Waals surface area contributed by atoms with Gasteiger partial charge in [-0.15, -0.1) is 0 Å². The molecule has 0 radical (unpaired) electrons. The van der Waals surface area contributed by atoms with E-state index in [1.807, 2.05) is 19.0 Å². The number of hydrogen-bond donors (Lipinski definition) is 3. The van der Waals surface area contributed by atoms with Gasteiger partial charge in [0.05, 0.1) is 11.3 Å². The van der Waals surface area contributed by atoms with Crippen molar-refractivity contribution in [2.45, 2.75) is 32.4 Å². The summed E-state index contributed by atoms with van der Waals surface area (Å²) >= 11 is 0. The number of carbonyl (C=O) groups excluding carboxylic acids is 3. The molecule has 2 atom stereocenters. The quantitative estimate of drug-likeness (QED) is 0.529. The summed E-state index contributed by atoms with van der Waals surface area (Å²) in [5.41, 5.74) is 3.89. The second-order valence-electron chi connectivity index (χ2n) is 5.89. The molecular formula is C15H22N4O4. The molecule has 8 nitrogen and oxygen atoms in total. The van der Waals surface area contributed by atoms with E-state index in [-0.39, 0.29) is 6.04 Å². The monoisotopic (exact) mass is 322 g/mol. The molecule has 1 aliphatic heterocycles. The van der Waals surface area contributed by atoms with Gasteiger partial charge in [0.15, 0.2) is 6.29 Å². The molecule has 1 amide bonds. The molecular weight excluding hydrogens is 300 g/mol. The Kier molecular flexibility index (Phi) is 5.17. The number of aromatic nitrogens is 1. The van der Waals surface area contributed by atoms with Gasteiger partial charge in [0, 0.05) is 11.7 Å². The molecule has 8 heteroatoms. The van der Waals surface area contributed by atoms with E-state index in [1.54, 1.807) is 13.8 Å². The lowest BCUT2D eigenvalue weighted by molar-refractivity contribution is -0.152. The highest BCUT2D eigenvalue weighted by Gasteiger charge is 2.36. The molecule has 1 fully saturated rings. The van der Waals surface area contributed by atoms with Crippen molar-refractivity contribution < 1.29 is 19.2 Å². The van der Waals surface area contributed by atoms with Crippen molar-refractivity contribution in [3.05, 3.63) is 22.5 Å². The summed E-state index contributed by atoms with van der Waals surface area (Å²) in [6.45, 7) is 4.05. The van der Waals surface area contributed by atoms with Crippen LogP contribution >= 0.6 is 0 Å². The number of aryl methyl sites for hydroxylation is 1. The van der Waals surface area contributed by atoms with Crippen molar-refractivity contribution in [3.8, 4) is 0 Å². The highest BCUT2D eigenvalue weighted by Crippen LogP contribution is 2.17. The zero-order valence-corrected chi connectivity index (χ0v) is 13.7. The Morgan fingerprint density at radius 2 is 2.04 bits per heavy atom. The third kappa shape index (κ3) is 3.43. The van der Waals surface area contributed by atoms with Gasteiger partial charge in [-0.25, -0.2) is 4.79 Å². The molecule has 0 saturated carbocycles. The van der Waals surface area contributed by atoms with E-state index >= 15 is 0 Å². The number of H-pyrrole nitrogens is 1. The maximum absolute atomic E-state index is 12.2. The van der Waals surface area contributed by atoms with E-state index in [0.29, 0.717) is 28.8 Å². The fraction of sp³-hybridized carbons (Fsp3) is 0.533. The molecule has 126 valence electrons. The normalized spacial score (nSPS) is 20.6. The van der Waals surface area contributed by atoms with E-state index in [9.17, 15) is 14.4 Å². The third-order valence-corrected chi connectivity index (χ3v) is 4.17. The minimum atomic E-state index is -0.558. The Balaban J connectivity index is 2.01. The van der Waals surface area contributed by atoms with E-state index in [1.165, 1.54) is 0 Å². The molecule has 23 heavy (non-hydrogen) atoms. The van der Waals surface area contributed by atoms with Crippen molar-refractivity contribution in [2.24, 2.45) is 0 Å². The van der Waals surface area contributed by atoms with Crippen molar-refractivity contribution in [1.29, 1.82) is 0 Å². The zero-order valence-electron chi connectivity index (χ0n) is 13.7. The Morgan fingerprint density at radius 3 is 2.61 bits per heavy atom. The van der Waals surface area contributed by atoms with Crippen LogP contribution in [0, 0.1) is 13.8 Å². The molecule has 0 aromatic carbocycles. The molecule has 2 unspecified atom stereocenters. The molecule has 2 heterocycles. The van der Waals surface area contributed by atoms with Crippen LogP contribution in [0.2, 0.25) is 0 Å². The van der Waals surface area contributed by atoms with Crippen LogP contribution in [-0.4, -0.2) is 60.8 Å². The first-order valence-corrected chi connectivity index (χ1v) is 7.42. The topological polar surface area (TPSA) is 104 Å². The van der Waals surface area contributed by atoms with Gasteiger partial charge in [-0.1, -0.05) is 0 Å². The number of rotatable bonds is 4. The summed E-state index contributed by atoms with van der Waals surface area (Å²) in [4.78, 5) is 44.9. The molecule has 1 aliphatic rings. The summed E-state index contributed by atoms with van der Waals surface area (Å²) in [6.07, 6.45) is 1.48. The number of nitrogens with zero attached hydrogens (tertiary/aromatic N) is 1. The lowest BCUT2D eigenvalue weighted by Crippen LogP contribution is -2.48. The van der Waals surface area contributed by atoms with Gasteiger partial charge >= 0.3 is 5.97 Å². The van der Waals surface area contributed by atoms with Crippen molar-refractivity contribution in [2.75, 3.05) is 20.6 Å². The van der Waals surface area contributed by atoms with Crippen LogP contribution < -0.4 is 10.8 Å². The third-order valence-electron chi connectivity index (χ3n) is 4.17. The van der Waals surface area contributed by atoms with Crippen molar-refractivity contribution in [3.63, 3.8) is 0 Å². The number of amides is 1. The van der Waals surface area contributed by atoms with E-state index in [4.69, 9.17) is 4.84 Å². The predicted molar refractivity (Wildman–Crippen MR) is 83.1 cm³/mol. The van der Waals surface area contributed by atoms with Gasteiger partial charge in [-0.2, -0.15) is 5.48 Å². The van der Waals surface area contributed by atoms with E-state index in [0.717, 1.165) is 13.0 Å². The SMILES string of the molecule is Cc1[nH]c(C=O)c(C)c1C(=O)NOC(=O)C1NCCC1N(C)C. The first-order valence-electron chi connectivity index (χ1n) is 7.42. The smallest absolute Gasteiger partial charge is 0.350 e. The zero-order chi connectivity index (χ0) is 17.1. The highest BCUT2D eigenvalue weighted by atomic mass is 16.7. The first kappa shape index (κ1) is 17.2. The largest absolute Gasteiger partial charge is 0.356 e. The average Bonchev–Trinajstić information content (AvgIpc) is 3.09. The Hall–Kier alpha value is -2.19. The van der Waals surface area contributed by atoms with Crippen LogP contribution in [0.1, 0.15) is 38.5 Å². The van der Waals surface area contributed by atoms with Crippen LogP contribution in [0.25, 0.3) is 0 Å². The number of hydroxylamine groups is 1. The Morgan fingerprint density at radius 1 is 1.35 bits per heavy atom. The summed E-state index contributed by atoms with van der Waals surface area (Å²) in [5.74, 6) is -1.09. The molecule has 3 N–H and O–H groups in total. The fourth-order valence-electron chi connectivity index (χ4n) is 2.93.